The van der Waals surface area contributed by atoms with Crippen LogP contribution >= 0.6 is 0 Å². The highest BCUT2D eigenvalue weighted by Gasteiger charge is 2.39. The second-order valence-corrected chi connectivity index (χ2v) is 6.62. The smallest absolute Gasteiger partial charge is 0.233 e. The molecule has 116 valence electrons. The summed E-state index contributed by atoms with van der Waals surface area (Å²) in [5.41, 5.74) is 0.307. The minimum absolute atomic E-state index is 0.0295. The normalized spacial score (nSPS) is 22.4. The van der Waals surface area contributed by atoms with Crippen molar-refractivity contribution >= 4 is 5.91 Å². The first kappa shape index (κ1) is 14.7. The third-order valence-corrected chi connectivity index (χ3v) is 4.45. The molecular weight excluding hydrogens is 280 g/mol. The van der Waals surface area contributed by atoms with Gasteiger partial charge in [0, 0.05) is 25.4 Å². The highest BCUT2D eigenvalue weighted by atomic mass is 16.5. The molecule has 0 bridgehead atoms. The van der Waals surface area contributed by atoms with E-state index < -0.39 is 0 Å². The molecule has 2 aromatic heterocycles. The average Bonchev–Trinajstić information content (AvgIpc) is 2.99. The monoisotopic (exact) mass is 300 g/mol. The van der Waals surface area contributed by atoms with E-state index in [0.717, 1.165) is 12.0 Å². The fourth-order valence-corrected chi connectivity index (χ4v) is 2.79. The summed E-state index contributed by atoms with van der Waals surface area (Å²) in [6.45, 7) is 6.74. The van der Waals surface area contributed by atoms with Crippen LogP contribution in [0.25, 0.3) is 0 Å². The predicted octanol–water partition coefficient (Wildman–Crippen LogP) is 1.96. The van der Waals surface area contributed by atoms with Crippen molar-refractivity contribution in [2.45, 2.75) is 44.4 Å². The fourth-order valence-electron chi connectivity index (χ4n) is 2.79. The van der Waals surface area contributed by atoms with Gasteiger partial charge in [-0.3, -0.25) is 9.78 Å². The summed E-state index contributed by atoms with van der Waals surface area (Å²) in [7, 11) is 0. The minimum atomic E-state index is -0.387. The van der Waals surface area contributed by atoms with Crippen molar-refractivity contribution < 1.29 is 9.32 Å². The second kappa shape index (κ2) is 5.19. The number of pyridine rings is 1. The SMILES string of the molecule is CC1(c2nc(C(C)(C)c3ccncc3)no2)CCNC(=O)C1. The minimum Gasteiger partial charge on any atom is -0.356 e. The van der Waals surface area contributed by atoms with Gasteiger partial charge in [0.2, 0.25) is 11.8 Å². The van der Waals surface area contributed by atoms with Crippen LogP contribution in [-0.4, -0.2) is 27.6 Å². The first-order chi connectivity index (χ1) is 10.4. The van der Waals surface area contributed by atoms with E-state index in [2.05, 4.69) is 20.4 Å². The molecule has 1 aliphatic heterocycles. The number of hydrogen-bond donors (Lipinski definition) is 1. The van der Waals surface area contributed by atoms with E-state index in [-0.39, 0.29) is 16.7 Å². The number of carbonyl (C=O) groups is 1. The lowest BCUT2D eigenvalue weighted by Gasteiger charge is -2.29. The van der Waals surface area contributed by atoms with E-state index >= 15 is 0 Å². The topological polar surface area (TPSA) is 80.9 Å². The van der Waals surface area contributed by atoms with Gasteiger partial charge < -0.3 is 9.84 Å². The molecule has 22 heavy (non-hydrogen) atoms. The van der Waals surface area contributed by atoms with Crippen LogP contribution in [0, 0.1) is 0 Å². The zero-order chi connectivity index (χ0) is 15.8. The van der Waals surface area contributed by atoms with Gasteiger partial charge in [-0.2, -0.15) is 4.98 Å². The predicted molar refractivity (Wildman–Crippen MR) is 80.3 cm³/mol. The molecule has 0 radical (unpaired) electrons. The van der Waals surface area contributed by atoms with Gasteiger partial charge >= 0.3 is 0 Å². The maximum Gasteiger partial charge on any atom is 0.233 e. The Morgan fingerprint density at radius 1 is 1.32 bits per heavy atom. The van der Waals surface area contributed by atoms with E-state index in [9.17, 15) is 4.79 Å². The Morgan fingerprint density at radius 3 is 2.73 bits per heavy atom. The number of nitrogens with one attached hydrogen (secondary N) is 1. The van der Waals surface area contributed by atoms with Crippen LogP contribution in [0.4, 0.5) is 0 Å². The first-order valence-corrected chi connectivity index (χ1v) is 7.44. The molecule has 3 heterocycles. The maximum atomic E-state index is 11.7. The lowest BCUT2D eigenvalue weighted by atomic mass is 9.80. The standard InChI is InChI=1S/C16H20N4O2/c1-15(2,11-4-7-17-8-5-11)13-19-14(22-20-13)16(3)6-9-18-12(21)10-16/h4-5,7-8H,6,9-10H2,1-3H3,(H,18,21). The van der Waals surface area contributed by atoms with E-state index in [1.165, 1.54) is 0 Å². The molecule has 1 fully saturated rings. The van der Waals surface area contributed by atoms with Crippen LogP contribution < -0.4 is 5.32 Å². The van der Waals surface area contributed by atoms with Crippen LogP contribution in [0.1, 0.15) is 50.9 Å². The Kier molecular flexibility index (Phi) is 3.47. The molecule has 1 aliphatic rings. The molecule has 0 saturated carbocycles. The molecule has 0 aromatic carbocycles. The molecule has 1 amide bonds. The number of hydrogen-bond acceptors (Lipinski definition) is 5. The van der Waals surface area contributed by atoms with Gasteiger partial charge in [0.25, 0.3) is 0 Å². The number of piperidine rings is 1. The lowest BCUT2D eigenvalue weighted by molar-refractivity contribution is -0.124. The molecule has 3 rings (SSSR count). The summed E-state index contributed by atoms with van der Waals surface area (Å²) in [5, 5.41) is 7.01. The lowest BCUT2D eigenvalue weighted by Crippen LogP contribution is -2.42. The molecule has 1 unspecified atom stereocenters. The van der Waals surface area contributed by atoms with Crippen LogP contribution in [0.2, 0.25) is 0 Å². The largest absolute Gasteiger partial charge is 0.356 e. The van der Waals surface area contributed by atoms with Crippen molar-refractivity contribution in [3.8, 4) is 0 Å². The zero-order valence-corrected chi connectivity index (χ0v) is 13.1. The van der Waals surface area contributed by atoms with E-state index in [1.54, 1.807) is 12.4 Å². The highest BCUT2D eigenvalue weighted by Crippen LogP contribution is 2.35. The van der Waals surface area contributed by atoms with Gasteiger partial charge in [-0.1, -0.05) is 12.1 Å². The molecule has 1 saturated heterocycles. The van der Waals surface area contributed by atoms with Gasteiger partial charge in [-0.05, 0) is 38.0 Å². The summed E-state index contributed by atoms with van der Waals surface area (Å²) >= 11 is 0. The molecule has 2 aromatic rings. The molecule has 6 heteroatoms. The molecule has 6 nitrogen and oxygen atoms in total. The quantitative estimate of drug-likeness (QED) is 0.937. The van der Waals surface area contributed by atoms with Crippen molar-refractivity contribution in [3.05, 3.63) is 41.8 Å². The van der Waals surface area contributed by atoms with E-state index in [4.69, 9.17) is 4.52 Å². The molecule has 1 N–H and O–H groups in total. The Balaban J connectivity index is 1.92. The van der Waals surface area contributed by atoms with Gasteiger partial charge in [0.05, 0.1) is 10.8 Å². The summed E-state index contributed by atoms with van der Waals surface area (Å²) in [5.74, 6) is 1.20. The third kappa shape index (κ3) is 2.49. The molecule has 0 spiro atoms. The third-order valence-electron chi connectivity index (χ3n) is 4.45. The van der Waals surface area contributed by atoms with Gasteiger partial charge in [-0.15, -0.1) is 0 Å². The number of amides is 1. The van der Waals surface area contributed by atoms with Gasteiger partial charge in [0.1, 0.15) is 0 Å². The molecular formula is C16H20N4O2. The summed E-state index contributed by atoms with van der Waals surface area (Å²) in [6, 6.07) is 3.90. The number of aromatic nitrogens is 3. The van der Waals surface area contributed by atoms with Gasteiger partial charge in [-0.25, -0.2) is 0 Å². The van der Waals surface area contributed by atoms with Crippen molar-refractivity contribution in [1.82, 2.24) is 20.4 Å². The van der Waals surface area contributed by atoms with Crippen molar-refractivity contribution in [2.75, 3.05) is 6.54 Å². The van der Waals surface area contributed by atoms with Crippen LogP contribution in [0.3, 0.4) is 0 Å². The molecule has 0 aliphatic carbocycles. The number of rotatable bonds is 3. The van der Waals surface area contributed by atoms with Crippen LogP contribution in [0.5, 0.6) is 0 Å². The summed E-state index contributed by atoms with van der Waals surface area (Å²) in [4.78, 5) is 20.3. The van der Waals surface area contributed by atoms with E-state index in [0.29, 0.717) is 24.7 Å². The summed E-state index contributed by atoms with van der Waals surface area (Å²) < 4.78 is 5.51. The van der Waals surface area contributed by atoms with Crippen molar-refractivity contribution in [2.24, 2.45) is 0 Å². The number of carbonyl (C=O) groups excluding carboxylic acids is 1. The first-order valence-electron chi connectivity index (χ1n) is 7.44. The Labute approximate surface area is 129 Å². The van der Waals surface area contributed by atoms with Crippen LogP contribution in [0.15, 0.2) is 29.0 Å². The Morgan fingerprint density at radius 2 is 2.05 bits per heavy atom. The maximum absolute atomic E-state index is 11.7. The summed E-state index contributed by atoms with van der Waals surface area (Å²) in [6.07, 6.45) is 4.69. The molecule has 1 atom stereocenters. The highest BCUT2D eigenvalue weighted by molar-refractivity contribution is 5.78. The van der Waals surface area contributed by atoms with Crippen molar-refractivity contribution in [3.63, 3.8) is 0 Å². The van der Waals surface area contributed by atoms with Crippen molar-refractivity contribution in [1.29, 1.82) is 0 Å². The Hall–Kier alpha value is -2.24. The second-order valence-electron chi connectivity index (χ2n) is 6.62. The fraction of sp³-hybridized carbons (Fsp3) is 0.500. The van der Waals surface area contributed by atoms with Gasteiger partial charge in [0.15, 0.2) is 5.82 Å². The van der Waals surface area contributed by atoms with E-state index in [1.807, 2.05) is 32.9 Å². The van der Waals surface area contributed by atoms with Crippen LogP contribution in [-0.2, 0) is 15.6 Å². The average molecular weight is 300 g/mol. The number of nitrogens with zero attached hydrogens (tertiary/aromatic N) is 3. The Bertz CT molecular complexity index is 680. The zero-order valence-electron chi connectivity index (χ0n) is 13.1.